The van der Waals surface area contributed by atoms with E-state index in [1.54, 1.807) is 7.11 Å². The quantitative estimate of drug-likeness (QED) is 0.718. The first-order valence-corrected chi connectivity index (χ1v) is 10.2. The molecular weight excluding hydrogens is 358 g/mol. The summed E-state index contributed by atoms with van der Waals surface area (Å²) in [6.07, 6.45) is 0.809. The number of ether oxygens (including phenoxy) is 2. The summed E-state index contributed by atoms with van der Waals surface area (Å²) in [6.45, 7) is 5.74. The fraction of sp³-hybridized carbons (Fsp3) is 0.667. The molecule has 7 nitrogen and oxygen atoms in total. The molecule has 2 heterocycles. The predicted octanol–water partition coefficient (Wildman–Crippen LogP) is 0.857. The molecule has 156 valence electrons. The summed E-state index contributed by atoms with van der Waals surface area (Å²) in [5, 5.41) is 13.1. The Labute approximate surface area is 167 Å². The first-order chi connectivity index (χ1) is 13.5. The van der Waals surface area contributed by atoms with Gasteiger partial charge in [0.2, 0.25) is 0 Å². The highest BCUT2D eigenvalue weighted by molar-refractivity contribution is 5.81. The van der Waals surface area contributed by atoms with Crippen molar-refractivity contribution < 1.29 is 19.4 Å². The minimum absolute atomic E-state index is 0.0276. The lowest BCUT2D eigenvalue weighted by Crippen LogP contribution is -2.50. The second-order valence-electron chi connectivity index (χ2n) is 7.82. The number of carbonyl (C=O) groups excluding carboxylic acids is 1. The average molecular weight is 392 g/mol. The summed E-state index contributed by atoms with van der Waals surface area (Å²) < 4.78 is 11.1. The van der Waals surface area contributed by atoms with E-state index < -0.39 is 12.2 Å². The van der Waals surface area contributed by atoms with Crippen LogP contribution in [-0.2, 0) is 16.1 Å². The summed E-state index contributed by atoms with van der Waals surface area (Å²) in [7, 11) is 3.77. The molecule has 0 bridgehead atoms. The highest BCUT2D eigenvalue weighted by Crippen LogP contribution is 2.23. The van der Waals surface area contributed by atoms with Crippen molar-refractivity contribution in [2.24, 2.45) is 0 Å². The van der Waals surface area contributed by atoms with Crippen molar-refractivity contribution in [3.05, 3.63) is 29.8 Å². The van der Waals surface area contributed by atoms with Crippen LogP contribution in [0.5, 0.6) is 5.75 Å². The number of aliphatic hydroxyl groups is 1. The zero-order valence-corrected chi connectivity index (χ0v) is 17.0. The SMILES string of the molecule is COc1ccc(CNC(=O)[C@H]2O[C@@H](CCN3CCN(C)CC3)CC[C@@H]2O)cc1. The van der Waals surface area contributed by atoms with Crippen molar-refractivity contribution in [1.29, 1.82) is 0 Å². The van der Waals surface area contributed by atoms with Crippen molar-refractivity contribution in [3.8, 4) is 5.75 Å². The molecule has 1 aromatic rings. The van der Waals surface area contributed by atoms with Gasteiger partial charge in [-0.05, 0) is 44.0 Å². The van der Waals surface area contributed by atoms with Crippen LogP contribution < -0.4 is 10.1 Å². The van der Waals surface area contributed by atoms with Gasteiger partial charge in [0.1, 0.15) is 5.75 Å². The summed E-state index contributed by atoms with van der Waals surface area (Å²) in [6, 6.07) is 7.55. The van der Waals surface area contributed by atoms with E-state index in [9.17, 15) is 9.90 Å². The maximum absolute atomic E-state index is 12.6. The number of nitrogens with one attached hydrogen (secondary N) is 1. The Hall–Kier alpha value is -1.67. The molecule has 2 saturated heterocycles. The summed E-state index contributed by atoms with van der Waals surface area (Å²) in [4.78, 5) is 17.3. The van der Waals surface area contributed by atoms with Gasteiger partial charge in [0.05, 0.1) is 19.3 Å². The third kappa shape index (κ3) is 5.91. The number of aliphatic hydroxyl groups excluding tert-OH is 1. The molecule has 3 rings (SSSR count). The predicted molar refractivity (Wildman–Crippen MR) is 107 cm³/mol. The van der Waals surface area contributed by atoms with Gasteiger partial charge >= 0.3 is 0 Å². The van der Waals surface area contributed by atoms with E-state index in [1.165, 1.54) is 0 Å². The van der Waals surface area contributed by atoms with Crippen LogP contribution in [0.4, 0.5) is 0 Å². The fourth-order valence-corrected chi connectivity index (χ4v) is 3.75. The number of likely N-dealkylation sites (N-methyl/N-ethyl adjacent to an activating group) is 1. The molecule has 0 radical (unpaired) electrons. The van der Waals surface area contributed by atoms with Crippen LogP contribution >= 0.6 is 0 Å². The lowest BCUT2D eigenvalue weighted by atomic mass is 9.98. The number of hydrogen-bond acceptors (Lipinski definition) is 6. The molecule has 7 heteroatoms. The molecular formula is C21H33N3O4. The van der Waals surface area contributed by atoms with E-state index in [-0.39, 0.29) is 12.0 Å². The van der Waals surface area contributed by atoms with Crippen LogP contribution in [0.3, 0.4) is 0 Å². The van der Waals surface area contributed by atoms with E-state index in [0.717, 1.165) is 56.9 Å². The molecule has 0 spiro atoms. The first-order valence-electron chi connectivity index (χ1n) is 10.2. The van der Waals surface area contributed by atoms with E-state index in [4.69, 9.17) is 9.47 Å². The molecule has 0 saturated carbocycles. The Morgan fingerprint density at radius 1 is 1.21 bits per heavy atom. The molecule has 1 amide bonds. The number of hydrogen-bond donors (Lipinski definition) is 2. The topological polar surface area (TPSA) is 74.3 Å². The average Bonchev–Trinajstić information content (AvgIpc) is 2.73. The molecule has 3 atom stereocenters. The monoisotopic (exact) mass is 391 g/mol. The molecule has 0 aromatic heterocycles. The Morgan fingerprint density at radius 3 is 2.61 bits per heavy atom. The number of amides is 1. The van der Waals surface area contributed by atoms with Crippen LogP contribution in [0.1, 0.15) is 24.8 Å². The van der Waals surface area contributed by atoms with Crippen LogP contribution in [0.25, 0.3) is 0 Å². The van der Waals surface area contributed by atoms with Crippen LogP contribution in [0, 0.1) is 0 Å². The Bertz CT molecular complexity index is 617. The van der Waals surface area contributed by atoms with Gasteiger partial charge in [-0.15, -0.1) is 0 Å². The molecule has 28 heavy (non-hydrogen) atoms. The van der Waals surface area contributed by atoms with Crippen molar-refractivity contribution in [2.75, 3.05) is 46.9 Å². The minimum atomic E-state index is -0.788. The number of piperazine rings is 1. The van der Waals surface area contributed by atoms with Crippen molar-refractivity contribution >= 4 is 5.91 Å². The van der Waals surface area contributed by atoms with E-state index in [1.807, 2.05) is 24.3 Å². The van der Waals surface area contributed by atoms with Crippen LogP contribution in [0.2, 0.25) is 0 Å². The van der Waals surface area contributed by atoms with Crippen molar-refractivity contribution in [2.45, 2.75) is 44.1 Å². The summed E-state index contributed by atoms with van der Waals surface area (Å²) in [5.41, 5.74) is 0.978. The number of benzene rings is 1. The smallest absolute Gasteiger partial charge is 0.252 e. The first kappa shape index (κ1) is 21.0. The standard InChI is InChI=1S/C21H33N3O4/c1-23-11-13-24(14-12-23)10-9-18-7-8-19(25)20(28-18)21(26)22-15-16-3-5-17(27-2)6-4-16/h3-6,18-20,25H,7-15H2,1-2H3,(H,22,26)/t18-,19+,20+/m1/s1. The molecule has 0 unspecified atom stereocenters. The highest BCUT2D eigenvalue weighted by Gasteiger charge is 2.35. The van der Waals surface area contributed by atoms with Gasteiger partial charge in [-0.1, -0.05) is 12.1 Å². The van der Waals surface area contributed by atoms with Gasteiger partial charge in [0, 0.05) is 39.3 Å². The molecule has 1 aromatic carbocycles. The third-order valence-electron chi connectivity index (χ3n) is 5.72. The Balaban J connectivity index is 1.44. The number of nitrogens with zero attached hydrogens (tertiary/aromatic N) is 2. The van der Waals surface area contributed by atoms with E-state index >= 15 is 0 Å². The van der Waals surface area contributed by atoms with E-state index in [2.05, 4.69) is 22.2 Å². The molecule has 2 aliphatic rings. The van der Waals surface area contributed by atoms with Crippen molar-refractivity contribution in [3.63, 3.8) is 0 Å². The highest BCUT2D eigenvalue weighted by atomic mass is 16.5. The van der Waals surface area contributed by atoms with Crippen LogP contribution in [-0.4, -0.2) is 86.0 Å². The lowest BCUT2D eigenvalue weighted by Gasteiger charge is -2.36. The maximum Gasteiger partial charge on any atom is 0.252 e. The largest absolute Gasteiger partial charge is 0.497 e. The van der Waals surface area contributed by atoms with Gasteiger partial charge in [-0.2, -0.15) is 0 Å². The number of methoxy groups -OCH3 is 1. The van der Waals surface area contributed by atoms with Gasteiger partial charge in [-0.3, -0.25) is 4.79 Å². The van der Waals surface area contributed by atoms with Crippen molar-refractivity contribution in [1.82, 2.24) is 15.1 Å². The third-order valence-corrected chi connectivity index (χ3v) is 5.72. The van der Waals surface area contributed by atoms with E-state index in [0.29, 0.717) is 13.0 Å². The molecule has 2 fully saturated rings. The molecule has 2 aliphatic heterocycles. The maximum atomic E-state index is 12.6. The summed E-state index contributed by atoms with van der Waals surface area (Å²) >= 11 is 0. The van der Waals surface area contributed by atoms with Crippen LogP contribution in [0.15, 0.2) is 24.3 Å². The fourth-order valence-electron chi connectivity index (χ4n) is 3.75. The molecule has 0 aliphatic carbocycles. The second kappa shape index (κ2) is 10.2. The normalized spacial score (nSPS) is 26.8. The van der Waals surface area contributed by atoms with Gasteiger partial charge in [0.25, 0.3) is 5.91 Å². The lowest BCUT2D eigenvalue weighted by molar-refractivity contribution is -0.158. The zero-order valence-electron chi connectivity index (χ0n) is 17.0. The Morgan fingerprint density at radius 2 is 1.93 bits per heavy atom. The second-order valence-corrected chi connectivity index (χ2v) is 7.82. The zero-order chi connectivity index (χ0) is 19.9. The molecule has 2 N–H and O–H groups in total. The van der Waals surface area contributed by atoms with Gasteiger partial charge < -0.3 is 29.7 Å². The minimum Gasteiger partial charge on any atom is -0.497 e. The number of rotatable bonds is 7. The van der Waals surface area contributed by atoms with Gasteiger partial charge in [0.15, 0.2) is 6.10 Å². The summed E-state index contributed by atoms with van der Waals surface area (Å²) in [5.74, 6) is 0.539. The van der Waals surface area contributed by atoms with Gasteiger partial charge in [-0.25, -0.2) is 0 Å². The number of carbonyl (C=O) groups is 1. The Kier molecular flexibility index (Phi) is 7.67.